The first-order valence-electron chi connectivity index (χ1n) is 9.23. The second-order valence-corrected chi connectivity index (χ2v) is 10.2. The first-order valence-corrected chi connectivity index (χ1v) is 10.6. The molecule has 0 atom stereocenters. The highest BCUT2D eigenvalue weighted by molar-refractivity contribution is 7.98. The molecule has 0 aliphatic heterocycles. The summed E-state index contributed by atoms with van der Waals surface area (Å²) in [4.78, 5) is 0. The maximum Gasteiger partial charge on any atom is 0.119 e. The second-order valence-electron chi connectivity index (χ2n) is 7.36. The molecule has 116 valence electrons. The summed E-state index contributed by atoms with van der Waals surface area (Å²) in [6.07, 6.45) is 19.9. The fraction of sp³-hybridized carbons (Fsp3) is 1.00. The van der Waals surface area contributed by atoms with Crippen LogP contribution in [0.5, 0.6) is 0 Å². The third-order valence-electron chi connectivity index (χ3n) is 5.90. The molecule has 0 aromatic heterocycles. The van der Waals surface area contributed by atoms with Crippen LogP contribution in [0.25, 0.3) is 0 Å². The van der Waals surface area contributed by atoms with E-state index in [0.717, 1.165) is 28.6 Å². The zero-order chi connectivity index (χ0) is 13.8. The topological polar surface area (TPSA) is 20.2 Å². The Hall–Kier alpha value is 0.310. The zero-order valence-corrected chi connectivity index (χ0v) is 13.9. The third-order valence-corrected chi connectivity index (χ3v) is 9.63. The molecule has 0 amide bonds. The molecular weight excluding hydrogens is 264 g/mol. The van der Waals surface area contributed by atoms with Crippen molar-refractivity contribution >= 4 is 10.9 Å². The summed E-state index contributed by atoms with van der Waals surface area (Å²) >= 11 is 0. The molecule has 0 bridgehead atoms. The lowest BCUT2D eigenvalue weighted by Crippen LogP contribution is -2.44. The Balaban J connectivity index is 1.68. The third kappa shape index (κ3) is 3.74. The quantitative estimate of drug-likeness (QED) is 0.756. The predicted molar refractivity (Wildman–Crippen MR) is 89.4 cm³/mol. The molecule has 3 aliphatic carbocycles. The first-order chi connectivity index (χ1) is 9.84. The van der Waals surface area contributed by atoms with Crippen LogP contribution in [0.2, 0.25) is 0 Å². The number of rotatable bonds is 3. The molecule has 0 saturated heterocycles. The average molecular weight is 298 g/mol. The molecule has 3 saturated carbocycles. The molecule has 0 aromatic rings. The molecule has 0 aromatic carbocycles. The van der Waals surface area contributed by atoms with E-state index in [4.69, 9.17) is 0 Å². The monoisotopic (exact) mass is 297 g/mol. The van der Waals surface area contributed by atoms with Crippen molar-refractivity contribution in [1.29, 1.82) is 0 Å². The van der Waals surface area contributed by atoms with E-state index in [-0.39, 0.29) is 6.10 Å². The van der Waals surface area contributed by atoms with Crippen LogP contribution in [-0.4, -0.2) is 27.0 Å². The Labute approximate surface area is 128 Å². The number of aliphatic hydroxyl groups excluding tert-OH is 1. The van der Waals surface area contributed by atoms with Gasteiger partial charge in [0, 0.05) is 0 Å². The fourth-order valence-electron chi connectivity index (χ4n) is 4.81. The van der Waals surface area contributed by atoms with E-state index < -0.39 is 0 Å². The van der Waals surface area contributed by atoms with Gasteiger partial charge in [-0.15, -0.1) is 0 Å². The van der Waals surface area contributed by atoms with Crippen LogP contribution in [0.3, 0.4) is 0 Å². The molecule has 1 N–H and O–H groups in total. The van der Waals surface area contributed by atoms with Crippen molar-refractivity contribution < 1.29 is 5.11 Å². The van der Waals surface area contributed by atoms with Crippen LogP contribution in [0.15, 0.2) is 0 Å². The smallest absolute Gasteiger partial charge is 0.119 e. The minimum absolute atomic E-state index is 0.0226. The SMILES string of the molecule is OC1CCC([S+](C2CCCCC2)C2CCCCC2)CC1. The van der Waals surface area contributed by atoms with Gasteiger partial charge in [-0.25, -0.2) is 0 Å². The van der Waals surface area contributed by atoms with Crippen molar-refractivity contribution in [3.8, 4) is 0 Å². The van der Waals surface area contributed by atoms with Gasteiger partial charge in [0.25, 0.3) is 0 Å². The molecule has 20 heavy (non-hydrogen) atoms. The van der Waals surface area contributed by atoms with Crippen molar-refractivity contribution in [2.75, 3.05) is 0 Å². The lowest BCUT2D eigenvalue weighted by Gasteiger charge is -2.37. The standard InChI is InChI=1S/C18H33OS/c19-15-11-13-18(14-12-15)20(16-7-3-1-4-8-16)17-9-5-2-6-10-17/h15-19H,1-14H2/q+1. The van der Waals surface area contributed by atoms with Crippen LogP contribution < -0.4 is 0 Å². The summed E-state index contributed by atoms with van der Waals surface area (Å²) in [6, 6.07) is 0. The van der Waals surface area contributed by atoms with E-state index in [9.17, 15) is 5.11 Å². The van der Waals surface area contributed by atoms with Crippen LogP contribution >= 0.6 is 0 Å². The maximum atomic E-state index is 9.83. The highest BCUT2D eigenvalue weighted by Crippen LogP contribution is 2.40. The summed E-state index contributed by atoms with van der Waals surface area (Å²) in [5.41, 5.74) is 0. The number of hydrogen-bond donors (Lipinski definition) is 1. The molecule has 3 rings (SSSR count). The van der Waals surface area contributed by atoms with E-state index in [1.807, 2.05) is 0 Å². The molecule has 3 aliphatic rings. The van der Waals surface area contributed by atoms with Gasteiger partial charge in [-0.3, -0.25) is 0 Å². The zero-order valence-electron chi connectivity index (χ0n) is 13.1. The Morgan fingerprint density at radius 1 is 0.500 bits per heavy atom. The van der Waals surface area contributed by atoms with Gasteiger partial charge in [-0.05, 0) is 87.9 Å². The van der Waals surface area contributed by atoms with E-state index in [0.29, 0.717) is 10.9 Å². The molecule has 0 unspecified atom stereocenters. The van der Waals surface area contributed by atoms with Gasteiger partial charge < -0.3 is 5.11 Å². The number of hydrogen-bond acceptors (Lipinski definition) is 1. The molecule has 0 spiro atoms. The predicted octanol–water partition coefficient (Wildman–Crippen LogP) is 4.57. The van der Waals surface area contributed by atoms with E-state index in [2.05, 4.69) is 0 Å². The average Bonchev–Trinajstić information content (AvgIpc) is 2.52. The lowest BCUT2D eigenvalue weighted by molar-refractivity contribution is 0.131. The highest BCUT2D eigenvalue weighted by Gasteiger charge is 2.45. The van der Waals surface area contributed by atoms with Gasteiger partial charge in [0.2, 0.25) is 0 Å². The van der Waals surface area contributed by atoms with E-state index in [1.54, 1.807) is 0 Å². The van der Waals surface area contributed by atoms with Gasteiger partial charge in [-0.2, -0.15) is 0 Å². The Bertz CT molecular complexity index is 255. The van der Waals surface area contributed by atoms with Crippen LogP contribution in [-0.2, 0) is 10.9 Å². The summed E-state index contributed by atoms with van der Waals surface area (Å²) in [5, 5.41) is 12.9. The van der Waals surface area contributed by atoms with Crippen LogP contribution in [0.4, 0.5) is 0 Å². The van der Waals surface area contributed by atoms with Crippen LogP contribution in [0, 0.1) is 0 Å². The summed E-state index contributed by atoms with van der Waals surface area (Å²) in [7, 11) is 0.690. The molecule has 2 heteroatoms. The highest BCUT2D eigenvalue weighted by atomic mass is 32.2. The van der Waals surface area contributed by atoms with Gasteiger partial charge >= 0.3 is 0 Å². The molecule has 0 heterocycles. The normalized spacial score (nSPS) is 34.5. The van der Waals surface area contributed by atoms with Gasteiger partial charge in [0.05, 0.1) is 6.10 Å². The Morgan fingerprint density at radius 2 is 0.900 bits per heavy atom. The molecule has 1 nitrogen and oxygen atoms in total. The Morgan fingerprint density at radius 3 is 1.35 bits per heavy atom. The van der Waals surface area contributed by atoms with E-state index >= 15 is 0 Å². The van der Waals surface area contributed by atoms with Crippen molar-refractivity contribution in [3.63, 3.8) is 0 Å². The van der Waals surface area contributed by atoms with Crippen molar-refractivity contribution in [3.05, 3.63) is 0 Å². The first kappa shape index (κ1) is 15.2. The minimum Gasteiger partial charge on any atom is -0.393 e. The summed E-state index contributed by atoms with van der Waals surface area (Å²) in [5.74, 6) is 0. The summed E-state index contributed by atoms with van der Waals surface area (Å²) in [6.45, 7) is 0. The number of aliphatic hydroxyl groups is 1. The minimum atomic E-state index is 0.0226. The second kappa shape index (κ2) is 7.54. The van der Waals surface area contributed by atoms with E-state index in [1.165, 1.54) is 77.0 Å². The fourth-order valence-corrected chi connectivity index (χ4v) is 9.01. The van der Waals surface area contributed by atoms with Gasteiger partial charge in [-0.1, -0.05) is 12.8 Å². The van der Waals surface area contributed by atoms with Gasteiger partial charge in [0.15, 0.2) is 0 Å². The maximum absolute atomic E-state index is 9.83. The molecule has 0 radical (unpaired) electrons. The largest absolute Gasteiger partial charge is 0.393 e. The molecule has 3 fully saturated rings. The van der Waals surface area contributed by atoms with Crippen molar-refractivity contribution in [1.82, 2.24) is 0 Å². The van der Waals surface area contributed by atoms with Crippen molar-refractivity contribution in [2.24, 2.45) is 0 Å². The lowest BCUT2D eigenvalue weighted by atomic mass is 9.97. The summed E-state index contributed by atoms with van der Waals surface area (Å²) < 4.78 is 0. The van der Waals surface area contributed by atoms with Crippen molar-refractivity contribution in [2.45, 2.75) is 112 Å². The Kier molecular flexibility index (Phi) is 5.73. The molecular formula is C18H33OS+. The van der Waals surface area contributed by atoms with Gasteiger partial charge in [0.1, 0.15) is 15.7 Å². The van der Waals surface area contributed by atoms with Crippen LogP contribution in [0.1, 0.15) is 89.9 Å².